The smallest absolute Gasteiger partial charge is 0.154 e. The van der Waals surface area contributed by atoms with Crippen LogP contribution in [0.4, 0.5) is 0 Å². The molecule has 1 fully saturated rings. The predicted molar refractivity (Wildman–Crippen MR) is 48.5 cm³/mol. The lowest BCUT2D eigenvalue weighted by Crippen LogP contribution is -2.32. The van der Waals surface area contributed by atoms with E-state index in [0.29, 0.717) is 0 Å². The second kappa shape index (κ2) is 3.35. The van der Waals surface area contributed by atoms with Gasteiger partial charge in [0, 0.05) is 5.92 Å². The van der Waals surface area contributed by atoms with E-state index in [1.165, 1.54) is 6.42 Å². The van der Waals surface area contributed by atoms with E-state index >= 15 is 0 Å². The molecule has 0 bridgehead atoms. The van der Waals surface area contributed by atoms with Crippen LogP contribution in [0, 0.1) is 17.3 Å². The Morgan fingerprint density at radius 1 is 1.42 bits per heavy atom. The maximum Gasteiger partial charge on any atom is 0.154 e. The Hall–Kier alpha value is -0.0800. The summed E-state index contributed by atoms with van der Waals surface area (Å²) in [4.78, 5) is 0. The van der Waals surface area contributed by atoms with Crippen molar-refractivity contribution in [3.8, 4) is 0 Å². The van der Waals surface area contributed by atoms with E-state index < -0.39 is 6.29 Å². The summed E-state index contributed by atoms with van der Waals surface area (Å²) in [7, 11) is 0. The number of aliphatic hydroxyl groups excluding tert-OH is 1. The van der Waals surface area contributed by atoms with E-state index in [0.717, 1.165) is 18.8 Å². The SMILES string of the molecule is CC(C(O)O)[C@@]1(C)CC[C@H](C)C1. The van der Waals surface area contributed by atoms with Gasteiger partial charge in [-0.25, -0.2) is 0 Å². The molecule has 72 valence electrons. The molecule has 0 aliphatic heterocycles. The Balaban J connectivity index is 2.60. The molecule has 0 aromatic heterocycles. The summed E-state index contributed by atoms with van der Waals surface area (Å²) in [5.74, 6) is 0.749. The molecule has 0 spiro atoms. The van der Waals surface area contributed by atoms with E-state index in [2.05, 4.69) is 13.8 Å². The van der Waals surface area contributed by atoms with Crippen LogP contribution in [-0.4, -0.2) is 16.5 Å². The van der Waals surface area contributed by atoms with E-state index in [1.807, 2.05) is 6.92 Å². The van der Waals surface area contributed by atoms with Crippen LogP contribution in [0.15, 0.2) is 0 Å². The molecule has 12 heavy (non-hydrogen) atoms. The second-order valence-electron chi connectivity index (χ2n) is 4.70. The lowest BCUT2D eigenvalue weighted by atomic mass is 9.76. The highest BCUT2D eigenvalue weighted by molar-refractivity contribution is 4.88. The molecule has 2 heteroatoms. The average Bonchev–Trinajstić information content (AvgIpc) is 2.31. The van der Waals surface area contributed by atoms with Gasteiger partial charge in [-0.05, 0) is 24.2 Å². The van der Waals surface area contributed by atoms with E-state index in [1.54, 1.807) is 0 Å². The topological polar surface area (TPSA) is 40.5 Å². The van der Waals surface area contributed by atoms with Crippen LogP contribution in [0.25, 0.3) is 0 Å². The van der Waals surface area contributed by atoms with Gasteiger partial charge < -0.3 is 10.2 Å². The second-order valence-corrected chi connectivity index (χ2v) is 4.70. The minimum absolute atomic E-state index is 0.00227. The average molecular weight is 172 g/mol. The normalized spacial score (nSPS) is 39.0. The van der Waals surface area contributed by atoms with Crippen LogP contribution >= 0.6 is 0 Å². The van der Waals surface area contributed by atoms with Gasteiger partial charge in [0.2, 0.25) is 0 Å². The molecule has 1 unspecified atom stereocenters. The van der Waals surface area contributed by atoms with Crippen molar-refractivity contribution in [2.45, 2.75) is 46.3 Å². The lowest BCUT2D eigenvalue weighted by Gasteiger charge is -2.32. The highest BCUT2D eigenvalue weighted by Gasteiger charge is 2.40. The van der Waals surface area contributed by atoms with Crippen molar-refractivity contribution < 1.29 is 10.2 Å². The van der Waals surface area contributed by atoms with Crippen molar-refractivity contribution in [3.05, 3.63) is 0 Å². The monoisotopic (exact) mass is 172 g/mol. The van der Waals surface area contributed by atoms with Gasteiger partial charge in [-0.2, -0.15) is 0 Å². The van der Waals surface area contributed by atoms with Gasteiger partial charge in [-0.3, -0.25) is 0 Å². The fraction of sp³-hybridized carbons (Fsp3) is 1.00. The first-order chi connectivity index (χ1) is 5.46. The largest absolute Gasteiger partial charge is 0.368 e. The van der Waals surface area contributed by atoms with E-state index in [4.69, 9.17) is 10.2 Å². The first kappa shape index (κ1) is 10.0. The maximum atomic E-state index is 9.09. The number of hydrogen-bond donors (Lipinski definition) is 2. The molecule has 0 aromatic carbocycles. The first-order valence-electron chi connectivity index (χ1n) is 4.82. The molecule has 0 aromatic rings. The fourth-order valence-corrected chi connectivity index (χ4v) is 2.35. The molecule has 1 aliphatic carbocycles. The van der Waals surface area contributed by atoms with Crippen molar-refractivity contribution in [2.24, 2.45) is 17.3 Å². The third-order valence-electron chi connectivity index (χ3n) is 3.57. The highest BCUT2D eigenvalue weighted by Crippen LogP contribution is 2.47. The van der Waals surface area contributed by atoms with Crippen LogP contribution in [0.1, 0.15) is 40.0 Å². The predicted octanol–water partition coefficient (Wildman–Crippen LogP) is 1.76. The molecular formula is C10H20O2. The molecule has 1 saturated carbocycles. The molecule has 0 saturated heterocycles. The molecule has 0 radical (unpaired) electrons. The van der Waals surface area contributed by atoms with Gasteiger partial charge in [-0.15, -0.1) is 0 Å². The van der Waals surface area contributed by atoms with Gasteiger partial charge >= 0.3 is 0 Å². The molecule has 2 N–H and O–H groups in total. The van der Waals surface area contributed by atoms with E-state index in [-0.39, 0.29) is 11.3 Å². The molecular weight excluding hydrogens is 152 g/mol. The first-order valence-corrected chi connectivity index (χ1v) is 4.82. The van der Waals surface area contributed by atoms with Gasteiger partial charge in [-0.1, -0.05) is 27.2 Å². The molecule has 2 nitrogen and oxygen atoms in total. The third kappa shape index (κ3) is 1.80. The Morgan fingerprint density at radius 2 is 2.00 bits per heavy atom. The Bertz CT molecular complexity index is 156. The van der Waals surface area contributed by atoms with Gasteiger partial charge in [0.25, 0.3) is 0 Å². The quantitative estimate of drug-likeness (QED) is 0.623. The van der Waals surface area contributed by atoms with Crippen molar-refractivity contribution >= 4 is 0 Å². The van der Waals surface area contributed by atoms with Crippen LogP contribution in [0.5, 0.6) is 0 Å². The fourth-order valence-electron chi connectivity index (χ4n) is 2.35. The van der Waals surface area contributed by atoms with Crippen molar-refractivity contribution in [1.82, 2.24) is 0 Å². The minimum atomic E-state index is -1.15. The lowest BCUT2D eigenvalue weighted by molar-refractivity contribution is -0.113. The number of aliphatic hydroxyl groups is 2. The maximum absolute atomic E-state index is 9.09. The van der Waals surface area contributed by atoms with Crippen molar-refractivity contribution in [2.75, 3.05) is 0 Å². The van der Waals surface area contributed by atoms with Crippen molar-refractivity contribution in [1.29, 1.82) is 0 Å². The molecule has 1 aliphatic rings. The highest BCUT2D eigenvalue weighted by atomic mass is 16.5. The zero-order valence-electron chi connectivity index (χ0n) is 8.25. The zero-order valence-corrected chi connectivity index (χ0v) is 8.25. The summed E-state index contributed by atoms with van der Waals surface area (Å²) >= 11 is 0. The van der Waals surface area contributed by atoms with Crippen LogP contribution in [0.2, 0.25) is 0 Å². The Kier molecular flexibility index (Phi) is 2.79. The van der Waals surface area contributed by atoms with Gasteiger partial charge in [0.1, 0.15) is 0 Å². The Morgan fingerprint density at radius 3 is 2.33 bits per heavy atom. The van der Waals surface area contributed by atoms with Crippen LogP contribution in [0.3, 0.4) is 0 Å². The summed E-state index contributed by atoms with van der Waals surface area (Å²) in [6.45, 7) is 6.34. The summed E-state index contributed by atoms with van der Waals surface area (Å²) in [6.07, 6.45) is 2.34. The van der Waals surface area contributed by atoms with Gasteiger partial charge in [0.05, 0.1) is 0 Å². The van der Waals surface area contributed by atoms with E-state index in [9.17, 15) is 0 Å². The summed E-state index contributed by atoms with van der Waals surface area (Å²) in [5, 5.41) is 18.2. The summed E-state index contributed by atoms with van der Waals surface area (Å²) < 4.78 is 0. The van der Waals surface area contributed by atoms with Gasteiger partial charge in [0.15, 0.2) is 6.29 Å². The number of hydrogen-bond acceptors (Lipinski definition) is 2. The summed E-state index contributed by atoms with van der Waals surface area (Å²) in [6, 6.07) is 0. The summed E-state index contributed by atoms with van der Waals surface area (Å²) in [5.41, 5.74) is 0.146. The number of rotatable bonds is 2. The zero-order chi connectivity index (χ0) is 9.35. The van der Waals surface area contributed by atoms with Crippen LogP contribution in [-0.2, 0) is 0 Å². The molecule has 1 rings (SSSR count). The molecule has 0 amide bonds. The minimum Gasteiger partial charge on any atom is -0.368 e. The van der Waals surface area contributed by atoms with Crippen molar-refractivity contribution in [3.63, 3.8) is 0 Å². The standard InChI is InChI=1S/C10H20O2/c1-7-4-5-10(3,6-7)8(2)9(11)12/h7-9,11-12H,4-6H2,1-3H3/t7-,8?,10-/m0/s1. The molecule has 3 atom stereocenters. The third-order valence-corrected chi connectivity index (χ3v) is 3.57. The Labute approximate surface area is 74.6 Å². The molecule has 0 heterocycles. The van der Waals surface area contributed by atoms with Crippen LogP contribution < -0.4 is 0 Å².